The fraction of sp³-hybridized carbons (Fsp3) is 0.125. The van der Waals surface area contributed by atoms with E-state index in [4.69, 9.17) is 16.3 Å². The van der Waals surface area contributed by atoms with Crippen LogP contribution >= 0.6 is 11.6 Å². The van der Waals surface area contributed by atoms with E-state index in [2.05, 4.69) is 10.5 Å². The number of nitrogens with zero attached hydrogens (tertiary/aromatic N) is 2. The smallest absolute Gasteiger partial charge is 0.273 e. The number of halogens is 1. The molecule has 0 aliphatic rings. The summed E-state index contributed by atoms with van der Waals surface area (Å²) in [5.41, 5.74) is 3.22. The van der Waals surface area contributed by atoms with Gasteiger partial charge in [0.2, 0.25) is 0 Å². The molecule has 0 radical (unpaired) electrons. The number of amides is 1. The Morgan fingerprint density at radius 3 is 2.67 bits per heavy atom. The van der Waals surface area contributed by atoms with Crippen LogP contribution in [-0.2, 0) is 9.53 Å². The van der Waals surface area contributed by atoms with Crippen LogP contribution in [0, 0.1) is 10.1 Å². The average Bonchev–Trinajstić information content (AvgIpc) is 2.58. The molecule has 0 aliphatic heterocycles. The third kappa shape index (κ3) is 4.37. The quantitative estimate of drug-likeness (QED) is 0.493. The molecule has 0 unspecified atom stereocenters. The van der Waals surface area contributed by atoms with Gasteiger partial charge in [-0.05, 0) is 11.6 Å². The Morgan fingerprint density at radius 2 is 2.04 bits per heavy atom. The van der Waals surface area contributed by atoms with Gasteiger partial charge in [0.05, 0.1) is 11.1 Å². The van der Waals surface area contributed by atoms with Crippen molar-refractivity contribution in [3.63, 3.8) is 0 Å². The van der Waals surface area contributed by atoms with Crippen molar-refractivity contribution >= 4 is 29.4 Å². The van der Waals surface area contributed by atoms with Gasteiger partial charge >= 0.3 is 0 Å². The van der Waals surface area contributed by atoms with E-state index in [9.17, 15) is 14.9 Å². The lowest BCUT2D eigenvalue weighted by Gasteiger charge is -2.13. The van der Waals surface area contributed by atoms with E-state index in [1.165, 1.54) is 31.5 Å². The van der Waals surface area contributed by atoms with E-state index in [0.717, 1.165) is 0 Å². The molecule has 1 atom stereocenters. The van der Waals surface area contributed by atoms with Crippen molar-refractivity contribution in [2.24, 2.45) is 5.10 Å². The molecule has 1 amide bonds. The van der Waals surface area contributed by atoms with Crippen molar-refractivity contribution in [1.29, 1.82) is 0 Å². The molecule has 2 rings (SSSR count). The molecule has 0 spiro atoms. The summed E-state index contributed by atoms with van der Waals surface area (Å²) in [7, 11) is 1.42. The number of non-ortho nitro benzene ring substituents is 1. The molecule has 0 saturated heterocycles. The molecule has 124 valence electrons. The molecule has 8 heteroatoms. The largest absolute Gasteiger partial charge is 0.367 e. The van der Waals surface area contributed by atoms with Crippen molar-refractivity contribution in [3.8, 4) is 0 Å². The molecule has 2 aromatic rings. The van der Waals surface area contributed by atoms with Crippen LogP contribution in [0.1, 0.15) is 17.2 Å². The van der Waals surface area contributed by atoms with E-state index in [-0.39, 0.29) is 10.7 Å². The zero-order valence-electron chi connectivity index (χ0n) is 12.7. The highest BCUT2D eigenvalue weighted by Crippen LogP contribution is 2.20. The molecule has 0 aromatic heterocycles. The van der Waals surface area contributed by atoms with Crippen molar-refractivity contribution in [3.05, 3.63) is 74.8 Å². The second-order valence-corrected chi connectivity index (χ2v) is 5.13. The van der Waals surface area contributed by atoms with Crippen molar-refractivity contribution in [2.45, 2.75) is 6.10 Å². The molecular formula is C16H14ClN3O4. The van der Waals surface area contributed by atoms with Crippen LogP contribution in [0.15, 0.2) is 53.6 Å². The van der Waals surface area contributed by atoms with Gasteiger partial charge in [-0.1, -0.05) is 41.9 Å². The number of hydrazone groups is 1. The summed E-state index contributed by atoms with van der Waals surface area (Å²) in [6, 6.07) is 12.9. The maximum absolute atomic E-state index is 12.1. The van der Waals surface area contributed by atoms with Gasteiger partial charge in [-0.15, -0.1) is 0 Å². The second-order valence-electron chi connectivity index (χ2n) is 4.72. The average molecular weight is 348 g/mol. The van der Waals surface area contributed by atoms with E-state index in [1.54, 1.807) is 24.3 Å². The first kappa shape index (κ1) is 17.6. The number of nitro groups is 1. The van der Waals surface area contributed by atoms with Crippen molar-refractivity contribution in [1.82, 2.24) is 5.43 Å². The molecule has 0 heterocycles. The predicted molar refractivity (Wildman–Crippen MR) is 90.0 cm³/mol. The van der Waals surface area contributed by atoms with E-state index in [1.807, 2.05) is 6.07 Å². The van der Waals surface area contributed by atoms with Crippen LogP contribution < -0.4 is 5.43 Å². The number of benzene rings is 2. The lowest BCUT2D eigenvalue weighted by Crippen LogP contribution is -2.26. The Labute approximate surface area is 143 Å². The van der Waals surface area contributed by atoms with Gasteiger partial charge in [0, 0.05) is 29.8 Å². The highest BCUT2D eigenvalue weighted by molar-refractivity contribution is 6.33. The van der Waals surface area contributed by atoms with Gasteiger partial charge in [-0.25, -0.2) is 5.43 Å². The Kier molecular flexibility index (Phi) is 6.00. The molecular weight excluding hydrogens is 334 g/mol. The molecule has 7 nitrogen and oxygen atoms in total. The van der Waals surface area contributed by atoms with Crippen LogP contribution in [0.3, 0.4) is 0 Å². The van der Waals surface area contributed by atoms with E-state index in [0.29, 0.717) is 11.1 Å². The Bertz CT molecular complexity index is 765. The number of rotatable bonds is 6. The molecule has 2 aromatic carbocycles. The summed E-state index contributed by atoms with van der Waals surface area (Å²) >= 11 is 5.95. The van der Waals surface area contributed by atoms with E-state index >= 15 is 0 Å². The summed E-state index contributed by atoms with van der Waals surface area (Å²) in [5, 5.41) is 14.8. The monoisotopic (exact) mass is 347 g/mol. The highest BCUT2D eigenvalue weighted by atomic mass is 35.5. The van der Waals surface area contributed by atoms with Crippen LogP contribution in [0.25, 0.3) is 0 Å². The standard InChI is InChI=1S/C16H14ClN3O4/c1-24-15(11-5-3-2-4-6-11)16(21)19-18-10-12-9-13(20(22)23)7-8-14(12)17/h2-10,15H,1H3,(H,19,21)/b18-10-/t15-/m0/s1. The first-order valence-corrected chi connectivity index (χ1v) is 7.25. The maximum atomic E-state index is 12.1. The van der Waals surface area contributed by atoms with Crippen LogP contribution in [0.2, 0.25) is 5.02 Å². The topological polar surface area (TPSA) is 93.8 Å². The number of nitrogens with one attached hydrogen (secondary N) is 1. The van der Waals surface area contributed by atoms with Gasteiger partial charge < -0.3 is 4.74 Å². The van der Waals surface area contributed by atoms with Crippen LogP contribution in [-0.4, -0.2) is 24.2 Å². The Hall–Kier alpha value is -2.77. The van der Waals surface area contributed by atoms with Gasteiger partial charge in [0.15, 0.2) is 6.10 Å². The minimum atomic E-state index is -0.816. The van der Waals surface area contributed by atoms with Gasteiger partial charge in [0.25, 0.3) is 11.6 Å². The lowest BCUT2D eigenvalue weighted by atomic mass is 10.1. The zero-order valence-corrected chi connectivity index (χ0v) is 13.4. The maximum Gasteiger partial charge on any atom is 0.273 e. The number of hydrogen-bond acceptors (Lipinski definition) is 5. The minimum Gasteiger partial charge on any atom is -0.367 e. The number of methoxy groups -OCH3 is 1. The predicted octanol–water partition coefficient (Wildman–Crippen LogP) is 3.09. The first-order chi connectivity index (χ1) is 11.5. The fourth-order valence-electron chi connectivity index (χ4n) is 1.99. The van der Waals surface area contributed by atoms with Crippen molar-refractivity contribution < 1.29 is 14.5 Å². The molecule has 1 N–H and O–H groups in total. The zero-order chi connectivity index (χ0) is 17.5. The fourth-order valence-corrected chi connectivity index (χ4v) is 2.16. The number of carbonyl (C=O) groups is 1. The van der Waals surface area contributed by atoms with Gasteiger partial charge in [0.1, 0.15) is 0 Å². The van der Waals surface area contributed by atoms with Gasteiger partial charge in [-0.2, -0.15) is 5.10 Å². The number of nitro benzene ring substituents is 1. The third-order valence-electron chi connectivity index (χ3n) is 3.14. The molecule has 0 fully saturated rings. The molecule has 0 saturated carbocycles. The Morgan fingerprint density at radius 1 is 1.33 bits per heavy atom. The van der Waals surface area contributed by atoms with Crippen molar-refractivity contribution in [2.75, 3.05) is 7.11 Å². The number of ether oxygens (including phenoxy) is 1. The SMILES string of the molecule is CO[C@H](C(=O)N/N=C\c1cc([N+](=O)[O-])ccc1Cl)c1ccccc1. The summed E-state index contributed by atoms with van der Waals surface area (Å²) in [4.78, 5) is 22.4. The lowest BCUT2D eigenvalue weighted by molar-refractivity contribution is -0.384. The normalized spacial score (nSPS) is 12.1. The molecule has 0 aliphatic carbocycles. The summed E-state index contributed by atoms with van der Waals surface area (Å²) in [5.74, 6) is -0.471. The number of hydrogen-bond donors (Lipinski definition) is 1. The number of carbonyl (C=O) groups excluding carboxylic acids is 1. The third-order valence-corrected chi connectivity index (χ3v) is 3.49. The molecule has 0 bridgehead atoms. The van der Waals surface area contributed by atoms with Gasteiger partial charge in [-0.3, -0.25) is 14.9 Å². The Balaban J connectivity index is 2.09. The second kappa shape index (κ2) is 8.19. The first-order valence-electron chi connectivity index (χ1n) is 6.87. The van der Waals surface area contributed by atoms with E-state index < -0.39 is 16.9 Å². The summed E-state index contributed by atoms with van der Waals surface area (Å²) in [6.07, 6.45) is 0.425. The summed E-state index contributed by atoms with van der Waals surface area (Å²) in [6.45, 7) is 0. The highest BCUT2D eigenvalue weighted by Gasteiger charge is 2.19. The molecule has 24 heavy (non-hydrogen) atoms. The van der Waals surface area contributed by atoms with Crippen LogP contribution in [0.4, 0.5) is 5.69 Å². The van der Waals surface area contributed by atoms with Crippen LogP contribution in [0.5, 0.6) is 0 Å². The summed E-state index contributed by atoms with van der Waals surface area (Å²) < 4.78 is 5.17. The minimum absolute atomic E-state index is 0.119.